The van der Waals surface area contributed by atoms with Gasteiger partial charge in [0.25, 0.3) is 5.69 Å². The third kappa shape index (κ3) is 4.31. The zero-order chi connectivity index (χ0) is 18.6. The van der Waals surface area contributed by atoms with Crippen molar-refractivity contribution >= 4 is 18.0 Å². The predicted molar refractivity (Wildman–Crippen MR) is 81.3 cm³/mol. The number of nitro groups is 1. The van der Waals surface area contributed by atoms with E-state index in [0.717, 1.165) is 30.3 Å². The van der Waals surface area contributed by atoms with Gasteiger partial charge >= 0.3 is 6.18 Å². The SMILES string of the molecule is N=COC(=N)c1ccc(Oc2cccc(C(F)(F)F)c2)cc1[N+](=O)[O-]. The van der Waals surface area contributed by atoms with E-state index < -0.39 is 28.2 Å². The molecule has 25 heavy (non-hydrogen) atoms. The average molecular weight is 353 g/mol. The summed E-state index contributed by atoms with van der Waals surface area (Å²) in [5.41, 5.74) is -1.67. The van der Waals surface area contributed by atoms with Gasteiger partial charge in [-0.25, -0.2) is 0 Å². The maximum absolute atomic E-state index is 12.7. The Kier molecular flexibility index (Phi) is 5.01. The molecule has 0 atom stereocenters. The molecule has 7 nitrogen and oxygen atoms in total. The van der Waals surface area contributed by atoms with Gasteiger partial charge in [0.2, 0.25) is 5.90 Å². The lowest BCUT2D eigenvalue weighted by Crippen LogP contribution is -2.07. The Balaban J connectivity index is 2.35. The van der Waals surface area contributed by atoms with Gasteiger partial charge in [-0.05, 0) is 30.3 Å². The van der Waals surface area contributed by atoms with E-state index in [2.05, 4.69) is 4.74 Å². The molecule has 130 valence electrons. The van der Waals surface area contributed by atoms with Crippen LogP contribution in [-0.2, 0) is 10.9 Å². The van der Waals surface area contributed by atoms with Crippen molar-refractivity contribution in [2.75, 3.05) is 0 Å². The Hall–Kier alpha value is -3.43. The molecule has 0 bridgehead atoms. The Bertz CT molecular complexity index is 837. The summed E-state index contributed by atoms with van der Waals surface area (Å²) in [6, 6.07) is 7.40. The molecule has 0 aliphatic heterocycles. The van der Waals surface area contributed by atoms with Crippen LogP contribution in [-0.4, -0.2) is 17.2 Å². The Morgan fingerprint density at radius 2 is 1.84 bits per heavy atom. The lowest BCUT2D eigenvalue weighted by molar-refractivity contribution is -0.385. The number of nitrogens with one attached hydrogen (secondary N) is 2. The van der Waals surface area contributed by atoms with Gasteiger partial charge in [0.05, 0.1) is 16.6 Å². The van der Waals surface area contributed by atoms with Gasteiger partial charge in [0.1, 0.15) is 17.1 Å². The zero-order valence-corrected chi connectivity index (χ0v) is 12.3. The number of halogens is 3. The molecule has 2 aromatic carbocycles. The molecule has 0 heterocycles. The fourth-order valence-electron chi connectivity index (χ4n) is 1.91. The van der Waals surface area contributed by atoms with Crippen molar-refractivity contribution in [1.82, 2.24) is 0 Å². The third-order valence-corrected chi connectivity index (χ3v) is 2.98. The second-order valence-corrected chi connectivity index (χ2v) is 4.63. The lowest BCUT2D eigenvalue weighted by atomic mass is 10.1. The van der Waals surface area contributed by atoms with E-state index >= 15 is 0 Å². The maximum atomic E-state index is 12.7. The van der Waals surface area contributed by atoms with E-state index in [0.29, 0.717) is 6.40 Å². The van der Waals surface area contributed by atoms with E-state index in [4.69, 9.17) is 15.6 Å². The van der Waals surface area contributed by atoms with Crippen molar-refractivity contribution in [3.05, 3.63) is 63.7 Å². The molecule has 0 radical (unpaired) electrons. The largest absolute Gasteiger partial charge is 0.457 e. The lowest BCUT2D eigenvalue weighted by Gasteiger charge is -2.10. The zero-order valence-electron chi connectivity index (χ0n) is 12.3. The summed E-state index contributed by atoms with van der Waals surface area (Å²) in [4.78, 5) is 10.3. The molecule has 0 unspecified atom stereocenters. The Morgan fingerprint density at radius 3 is 2.44 bits per heavy atom. The van der Waals surface area contributed by atoms with Crippen LogP contribution in [0.15, 0.2) is 42.5 Å². The van der Waals surface area contributed by atoms with Gasteiger partial charge in [-0.1, -0.05) is 6.07 Å². The number of hydrogen-bond acceptors (Lipinski definition) is 6. The van der Waals surface area contributed by atoms with Gasteiger partial charge < -0.3 is 9.47 Å². The van der Waals surface area contributed by atoms with Crippen LogP contribution in [0.3, 0.4) is 0 Å². The first-order valence-corrected chi connectivity index (χ1v) is 6.60. The van der Waals surface area contributed by atoms with Crippen molar-refractivity contribution in [1.29, 1.82) is 10.8 Å². The number of hydrogen-bond donors (Lipinski definition) is 2. The highest BCUT2D eigenvalue weighted by Gasteiger charge is 2.30. The molecule has 0 spiro atoms. The number of ether oxygens (including phenoxy) is 2. The molecular weight excluding hydrogens is 343 g/mol. The highest BCUT2D eigenvalue weighted by atomic mass is 19.4. The fourth-order valence-corrected chi connectivity index (χ4v) is 1.91. The van der Waals surface area contributed by atoms with Crippen LogP contribution >= 0.6 is 0 Å². The minimum Gasteiger partial charge on any atom is -0.457 e. The molecule has 0 aliphatic rings. The summed E-state index contributed by atoms with van der Waals surface area (Å²) < 4.78 is 47.8. The maximum Gasteiger partial charge on any atom is 0.416 e. The van der Waals surface area contributed by atoms with Crippen LogP contribution in [0.1, 0.15) is 11.1 Å². The van der Waals surface area contributed by atoms with Crippen molar-refractivity contribution in [3.63, 3.8) is 0 Å². The predicted octanol–water partition coefficient (Wildman–Crippen LogP) is 4.35. The molecule has 10 heteroatoms. The molecule has 2 N–H and O–H groups in total. The van der Waals surface area contributed by atoms with Crippen LogP contribution in [0.4, 0.5) is 18.9 Å². The van der Waals surface area contributed by atoms with Crippen molar-refractivity contribution in [2.24, 2.45) is 0 Å². The molecule has 0 aliphatic carbocycles. The Labute approximate surface area is 138 Å². The number of alkyl halides is 3. The summed E-state index contributed by atoms with van der Waals surface area (Å²) in [6.07, 6.45) is -4.10. The Morgan fingerprint density at radius 1 is 1.16 bits per heavy atom. The molecular formula is C15H10F3N3O4. The average Bonchev–Trinajstić information content (AvgIpc) is 2.54. The molecule has 0 aromatic heterocycles. The molecule has 0 saturated heterocycles. The number of nitro benzene ring substituents is 1. The second kappa shape index (κ2) is 6.99. The van der Waals surface area contributed by atoms with Crippen molar-refractivity contribution < 1.29 is 27.6 Å². The van der Waals surface area contributed by atoms with Crippen molar-refractivity contribution in [2.45, 2.75) is 6.18 Å². The van der Waals surface area contributed by atoms with Crippen LogP contribution in [0.2, 0.25) is 0 Å². The summed E-state index contributed by atoms with van der Waals surface area (Å²) in [5.74, 6) is -0.854. The van der Waals surface area contributed by atoms with E-state index in [9.17, 15) is 23.3 Å². The number of nitrogens with zero attached hydrogens (tertiary/aromatic N) is 1. The monoisotopic (exact) mass is 353 g/mol. The number of rotatable bonds is 5. The first kappa shape index (κ1) is 17.9. The summed E-state index contributed by atoms with van der Waals surface area (Å²) in [6.45, 7) is 0. The molecule has 2 aromatic rings. The van der Waals surface area contributed by atoms with Gasteiger partial charge in [0, 0.05) is 0 Å². The summed E-state index contributed by atoms with van der Waals surface area (Å²) in [7, 11) is 0. The van der Waals surface area contributed by atoms with Crippen LogP contribution in [0, 0.1) is 20.9 Å². The quantitative estimate of drug-likeness (QED) is 0.360. The van der Waals surface area contributed by atoms with Gasteiger partial charge in [-0.3, -0.25) is 20.9 Å². The van der Waals surface area contributed by atoms with E-state index in [-0.39, 0.29) is 17.1 Å². The second-order valence-electron chi connectivity index (χ2n) is 4.63. The smallest absolute Gasteiger partial charge is 0.416 e. The van der Waals surface area contributed by atoms with E-state index in [1.54, 1.807) is 0 Å². The first-order valence-electron chi connectivity index (χ1n) is 6.60. The van der Waals surface area contributed by atoms with Gasteiger partial charge in [0.15, 0.2) is 6.40 Å². The minimum atomic E-state index is -4.55. The summed E-state index contributed by atoms with van der Waals surface area (Å²) in [5, 5.41) is 25.4. The standard InChI is InChI=1S/C15H10F3N3O4/c16-15(17,18)9-2-1-3-10(6-9)25-11-4-5-12(14(20)24-8-19)13(7-11)21(22)23/h1-8,19-20H. The highest BCUT2D eigenvalue weighted by molar-refractivity contribution is 5.99. The molecule has 0 amide bonds. The van der Waals surface area contributed by atoms with Crippen LogP contribution < -0.4 is 4.74 Å². The van der Waals surface area contributed by atoms with Crippen LogP contribution in [0.5, 0.6) is 11.5 Å². The van der Waals surface area contributed by atoms with Crippen molar-refractivity contribution in [3.8, 4) is 11.5 Å². The van der Waals surface area contributed by atoms with Crippen LogP contribution in [0.25, 0.3) is 0 Å². The topological polar surface area (TPSA) is 109 Å². The third-order valence-electron chi connectivity index (χ3n) is 2.98. The van der Waals surface area contributed by atoms with E-state index in [1.807, 2.05) is 0 Å². The number of benzene rings is 2. The minimum absolute atomic E-state index is 0.0857. The molecule has 0 saturated carbocycles. The van der Waals surface area contributed by atoms with E-state index in [1.165, 1.54) is 12.1 Å². The normalized spacial score (nSPS) is 10.8. The fraction of sp³-hybridized carbons (Fsp3) is 0.0667. The molecule has 2 rings (SSSR count). The summed E-state index contributed by atoms with van der Waals surface area (Å²) >= 11 is 0. The van der Waals surface area contributed by atoms with Gasteiger partial charge in [-0.2, -0.15) is 13.2 Å². The highest BCUT2D eigenvalue weighted by Crippen LogP contribution is 2.34. The molecule has 0 fully saturated rings. The van der Waals surface area contributed by atoms with Gasteiger partial charge in [-0.15, -0.1) is 0 Å². The first-order chi connectivity index (χ1) is 11.7.